The Labute approximate surface area is 251 Å². The highest BCUT2D eigenvalue weighted by molar-refractivity contribution is 9.10. The van der Waals surface area contributed by atoms with E-state index in [1.807, 2.05) is 48.5 Å². The van der Waals surface area contributed by atoms with Crippen molar-refractivity contribution in [2.75, 3.05) is 25.3 Å². The number of anilines is 1. The summed E-state index contributed by atoms with van der Waals surface area (Å²) in [5.74, 6) is 0.193. The van der Waals surface area contributed by atoms with Gasteiger partial charge in [-0.3, -0.25) is 14.2 Å². The van der Waals surface area contributed by atoms with Crippen LogP contribution in [0.5, 0.6) is 11.5 Å². The normalized spacial score (nSPS) is 18.1. The number of thiazole rings is 1. The minimum absolute atomic E-state index is 0.0747. The van der Waals surface area contributed by atoms with Crippen LogP contribution in [0.4, 0.5) is 5.69 Å². The molecule has 210 valence electrons. The van der Waals surface area contributed by atoms with Crippen molar-refractivity contribution in [2.45, 2.75) is 13.0 Å². The van der Waals surface area contributed by atoms with Gasteiger partial charge < -0.3 is 19.1 Å². The molecule has 1 aromatic heterocycles. The molecule has 0 aliphatic carbocycles. The zero-order valence-corrected chi connectivity index (χ0v) is 24.8. The first-order valence-corrected chi connectivity index (χ1v) is 14.8. The highest BCUT2D eigenvalue weighted by Crippen LogP contribution is 2.40. The van der Waals surface area contributed by atoms with Crippen molar-refractivity contribution in [3.05, 3.63) is 113 Å². The highest BCUT2D eigenvalue weighted by Gasteiger charge is 2.38. The number of rotatable bonds is 4. The van der Waals surface area contributed by atoms with Gasteiger partial charge in [-0.1, -0.05) is 63.7 Å². The van der Waals surface area contributed by atoms with Crippen LogP contribution >= 0.6 is 27.3 Å². The molecule has 0 N–H and O–H groups in total. The van der Waals surface area contributed by atoms with Crippen molar-refractivity contribution in [3.63, 3.8) is 0 Å². The molecule has 0 saturated heterocycles. The molecule has 1 atom stereocenters. The lowest BCUT2D eigenvalue weighted by atomic mass is 9.93. The molecule has 11 heteroatoms. The van der Waals surface area contributed by atoms with Crippen LogP contribution in [-0.2, 0) is 14.3 Å². The molecule has 9 nitrogen and oxygen atoms in total. The number of ether oxygens (including phenoxy) is 3. The zero-order valence-electron chi connectivity index (χ0n) is 22.4. The van der Waals surface area contributed by atoms with Gasteiger partial charge in [-0.15, -0.1) is 0 Å². The standard InChI is InChI=1S/C31H22BrN3O6S/c1-3-39-30(38)24-25(16-7-5-4-6-8-16)33-31-35(26(24)17-9-12-21-22(13-17)41-15-40-21)29(37)27(42-31)23-19-14-18(32)10-11-20(19)34(2)28(23)36/h4-14,26H,3,15H2,1-2H3. The average molecular weight is 645 g/mol. The molecule has 0 saturated carbocycles. The number of aromatic nitrogens is 1. The second-order valence-electron chi connectivity index (χ2n) is 9.77. The van der Waals surface area contributed by atoms with Crippen molar-refractivity contribution in [2.24, 2.45) is 4.99 Å². The summed E-state index contributed by atoms with van der Waals surface area (Å²) >= 11 is 4.62. The van der Waals surface area contributed by atoms with Crippen molar-refractivity contribution in [3.8, 4) is 11.5 Å². The largest absolute Gasteiger partial charge is 0.463 e. The lowest BCUT2D eigenvalue weighted by Gasteiger charge is -2.26. The maximum Gasteiger partial charge on any atom is 0.338 e. The molecule has 3 aliphatic heterocycles. The molecule has 4 heterocycles. The van der Waals surface area contributed by atoms with Crippen LogP contribution < -0.4 is 29.3 Å². The molecule has 0 fully saturated rings. The second-order valence-corrected chi connectivity index (χ2v) is 11.7. The number of esters is 1. The summed E-state index contributed by atoms with van der Waals surface area (Å²) in [4.78, 5) is 48.4. The molecular formula is C31H22BrN3O6S. The van der Waals surface area contributed by atoms with E-state index in [-0.39, 0.29) is 29.4 Å². The molecule has 42 heavy (non-hydrogen) atoms. The first-order chi connectivity index (χ1) is 20.4. The number of hydrogen-bond acceptors (Lipinski definition) is 8. The summed E-state index contributed by atoms with van der Waals surface area (Å²) in [6, 6.07) is 19.2. The number of fused-ring (bicyclic) bond motifs is 3. The van der Waals surface area contributed by atoms with Crippen LogP contribution in [0.1, 0.15) is 29.7 Å². The fraction of sp³-hybridized carbons (Fsp3) is 0.161. The van der Waals surface area contributed by atoms with Crippen LogP contribution in [0.25, 0.3) is 11.3 Å². The summed E-state index contributed by atoms with van der Waals surface area (Å²) < 4.78 is 19.2. The molecule has 1 unspecified atom stereocenters. The van der Waals surface area contributed by atoms with Crippen LogP contribution in [0.15, 0.2) is 86.6 Å². The summed E-state index contributed by atoms with van der Waals surface area (Å²) in [6.45, 7) is 1.94. The van der Waals surface area contributed by atoms with Crippen LogP contribution in [-0.4, -0.2) is 36.9 Å². The molecule has 3 aromatic carbocycles. The van der Waals surface area contributed by atoms with Crippen molar-refractivity contribution >= 4 is 56.1 Å². The molecule has 1 amide bonds. The number of halogens is 1. The lowest BCUT2D eigenvalue weighted by molar-refractivity contribution is -0.138. The number of hydrogen-bond donors (Lipinski definition) is 0. The average Bonchev–Trinajstić information content (AvgIpc) is 3.66. The smallest absolute Gasteiger partial charge is 0.338 e. The van der Waals surface area contributed by atoms with Gasteiger partial charge in [-0.25, -0.2) is 9.79 Å². The molecule has 0 spiro atoms. The van der Waals surface area contributed by atoms with E-state index in [2.05, 4.69) is 15.9 Å². The number of carbonyl (C=O) groups excluding carboxylic acids is 2. The molecule has 0 bridgehead atoms. The first kappa shape index (κ1) is 26.4. The number of amides is 1. The van der Waals surface area contributed by atoms with Crippen molar-refractivity contribution < 1.29 is 23.8 Å². The van der Waals surface area contributed by atoms with Gasteiger partial charge in [0.25, 0.3) is 11.5 Å². The topological polar surface area (TPSA) is 99.4 Å². The lowest BCUT2D eigenvalue weighted by Crippen LogP contribution is -2.40. The summed E-state index contributed by atoms with van der Waals surface area (Å²) in [7, 11) is 1.68. The van der Waals surface area contributed by atoms with Crippen LogP contribution in [0.3, 0.4) is 0 Å². The minimum Gasteiger partial charge on any atom is -0.463 e. The van der Waals surface area contributed by atoms with E-state index in [0.29, 0.717) is 49.9 Å². The second kappa shape index (κ2) is 10.1. The maximum atomic E-state index is 14.4. The van der Waals surface area contributed by atoms with Gasteiger partial charge in [-0.05, 0) is 42.8 Å². The van der Waals surface area contributed by atoms with Crippen LogP contribution in [0.2, 0.25) is 0 Å². The predicted molar refractivity (Wildman–Crippen MR) is 160 cm³/mol. The minimum atomic E-state index is -0.907. The van der Waals surface area contributed by atoms with Gasteiger partial charge >= 0.3 is 5.97 Å². The monoisotopic (exact) mass is 643 g/mol. The Balaban J connectivity index is 1.58. The molecule has 3 aliphatic rings. The zero-order chi connectivity index (χ0) is 29.1. The van der Waals surface area contributed by atoms with Crippen molar-refractivity contribution in [1.29, 1.82) is 0 Å². The van der Waals surface area contributed by atoms with E-state index in [1.54, 1.807) is 32.2 Å². The van der Waals surface area contributed by atoms with Crippen LogP contribution in [0, 0.1) is 0 Å². The fourth-order valence-electron chi connectivity index (χ4n) is 5.50. The van der Waals surface area contributed by atoms with Gasteiger partial charge in [0.05, 0.1) is 35.2 Å². The quantitative estimate of drug-likeness (QED) is 0.314. The third kappa shape index (κ3) is 4.03. The van der Waals surface area contributed by atoms with E-state index >= 15 is 0 Å². The summed E-state index contributed by atoms with van der Waals surface area (Å²) in [5, 5.41) is 0. The molecule has 0 radical (unpaired) electrons. The highest BCUT2D eigenvalue weighted by atomic mass is 79.9. The SMILES string of the molecule is CCOC(=O)C1=C(c2ccccc2)N=c2sc(=C3C(=O)N(C)c4ccc(Br)cc43)c(=O)n2C1c1ccc2c(c1)OCO2. The van der Waals surface area contributed by atoms with E-state index < -0.39 is 17.6 Å². The van der Waals surface area contributed by atoms with E-state index in [0.717, 1.165) is 15.8 Å². The number of nitrogens with zero attached hydrogens (tertiary/aromatic N) is 3. The van der Waals surface area contributed by atoms with E-state index in [4.69, 9.17) is 19.2 Å². The van der Waals surface area contributed by atoms with Gasteiger partial charge in [0.15, 0.2) is 16.3 Å². The van der Waals surface area contributed by atoms with Crippen molar-refractivity contribution in [1.82, 2.24) is 4.57 Å². The number of benzene rings is 3. The van der Waals surface area contributed by atoms with Gasteiger partial charge in [0, 0.05) is 22.6 Å². The third-order valence-corrected chi connectivity index (χ3v) is 8.94. The van der Waals surface area contributed by atoms with Gasteiger partial charge in [0.2, 0.25) is 6.79 Å². The third-order valence-electron chi connectivity index (χ3n) is 7.40. The van der Waals surface area contributed by atoms with Gasteiger partial charge in [-0.2, -0.15) is 0 Å². The fourth-order valence-corrected chi connectivity index (χ4v) is 6.95. The van der Waals surface area contributed by atoms with E-state index in [1.165, 1.54) is 9.47 Å². The Morgan fingerprint density at radius 1 is 1.07 bits per heavy atom. The Morgan fingerprint density at radius 2 is 1.86 bits per heavy atom. The number of likely N-dealkylation sites (N-methyl/N-ethyl adjacent to an activating group) is 1. The molecular weight excluding hydrogens is 622 g/mol. The summed E-state index contributed by atoms with van der Waals surface area (Å²) in [6.07, 6.45) is 0. The number of carbonyl (C=O) groups is 2. The first-order valence-electron chi connectivity index (χ1n) is 13.2. The van der Waals surface area contributed by atoms with Gasteiger partial charge in [0.1, 0.15) is 4.53 Å². The molecule has 7 rings (SSSR count). The van der Waals surface area contributed by atoms with E-state index in [9.17, 15) is 14.4 Å². The Kier molecular flexibility index (Phi) is 6.36. The molecule has 4 aromatic rings. The Bertz CT molecular complexity index is 2030. The Hall–Kier alpha value is -4.48. The predicted octanol–water partition coefficient (Wildman–Crippen LogP) is 3.77. The maximum absolute atomic E-state index is 14.4. The Morgan fingerprint density at radius 3 is 2.64 bits per heavy atom. The summed E-state index contributed by atoms with van der Waals surface area (Å²) in [5.41, 5.74) is 3.13.